The summed E-state index contributed by atoms with van der Waals surface area (Å²) >= 11 is 6.21. The highest BCUT2D eigenvalue weighted by Crippen LogP contribution is 2.32. The van der Waals surface area contributed by atoms with Crippen LogP contribution in [0.15, 0.2) is 47.4 Å². The zero-order chi connectivity index (χ0) is 20.1. The molecule has 1 aliphatic heterocycles. The van der Waals surface area contributed by atoms with Gasteiger partial charge in [-0.3, -0.25) is 4.79 Å². The van der Waals surface area contributed by atoms with Crippen molar-refractivity contribution in [2.24, 2.45) is 0 Å². The Kier molecular flexibility index (Phi) is 6.33. The van der Waals surface area contributed by atoms with Gasteiger partial charge >= 0.3 is 5.97 Å². The highest BCUT2D eigenvalue weighted by atomic mass is 32.2. The molecule has 1 heterocycles. The predicted octanol–water partition coefficient (Wildman–Crippen LogP) is 3.85. The third-order valence-corrected chi connectivity index (χ3v) is 4.97. The molecular formula is C20H17NO5S2. The van der Waals surface area contributed by atoms with Gasteiger partial charge in [-0.1, -0.05) is 42.2 Å². The van der Waals surface area contributed by atoms with E-state index in [-0.39, 0.29) is 18.1 Å². The molecule has 0 saturated carbocycles. The second-order valence-electron chi connectivity index (χ2n) is 5.78. The van der Waals surface area contributed by atoms with Crippen LogP contribution in [0.25, 0.3) is 6.08 Å². The minimum atomic E-state index is -0.967. The van der Waals surface area contributed by atoms with Crippen molar-refractivity contribution in [3.63, 3.8) is 0 Å². The Bertz CT molecular complexity index is 954. The van der Waals surface area contributed by atoms with Crippen LogP contribution in [-0.2, 0) is 11.4 Å². The molecule has 0 aromatic heterocycles. The second kappa shape index (κ2) is 8.90. The van der Waals surface area contributed by atoms with Gasteiger partial charge in [-0.05, 0) is 48.4 Å². The first kappa shape index (κ1) is 19.9. The molecule has 1 saturated heterocycles. The minimum absolute atomic E-state index is 0.210. The predicted molar refractivity (Wildman–Crippen MR) is 112 cm³/mol. The molecule has 2 N–H and O–H groups in total. The number of carbonyl (C=O) groups excluding carboxylic acids is 1. The average Bonchev–Trinajstić information content (AvgIpc) is 2.98. The number of rotatable bonds is 7. The smallest absolute Gasteiger partial charge is 0.335 e. The van der Waals surface area contributed by atoms with Gasteiger partial charge in [-0.2, -0.15) is 0 Å². The van der Waals surface area contributed by atoms with E-state index in [4.69, 9.17) is 26.8 Å². The fourth-order valence-corrected chi connectivity index (χ4v) is 3.52. The van der Waals surface area contributed by atoms with Gasteiger partial charge in [0.15, 0.2) is 11.5 Å². The maximum atomic E-state index is 11.8. The Morgan fingerprint density at radius 2 is 1.93 bits per heavy atom. The van der Waals surface area contributed by atoms with Crippen molar-refractivity contribution in [3.8, 4) is 11.5 Å². The van der Waals surface area contributed by atoms with E-state index in [0.717, 1.165) is 11.1 Å². The van der Waals surface area contributed by atoms with Crippen LogP contribution in [-0.4, -0.2) is 27.9 Å². The van der Waals surface area contributed by atoms with E-state index in [0.29, 0.717) is 27.3 Å². The molecule has 2 aromatic carbocycles. The molecule has 144 valence electrons. The van der Waals surface area contributed by atoms with Gasteiger partial charge in [0.1, 0.15) is 10.9 Å². The monoisotopic (exact) mass is 415 g/mol. The minimum Gasteiger partial charge on any atom is -0.490 e. The fraction of sp³-hybridized carbons (Fsp3) is 0.150. The van der Waals surface area contributed by atoms with Crippen LogP contribution in [0.3, 0.4) is 0 Å². The van der Waals surface area contributed by atoms with Crippen molar-refractivity contribution in [1.82, 2.24) is 5.32 Å². The quantitative estimate of drug-likeness (QED) is 0.525. The lowest BCUT2D eigenvalue weighted by atomic mass is 10.1. The lowest BCUT2D eigenvalue weighted by Crippen LogP contribution is -2.17. The molecule has 1 aliphatic rings. The molecule has 6 nitrogen and oxygen atoms in total. The Hall–Kier alpha value is -2.84. The van der Waals surface area contributed by atoms with E-state index >= 15 is 0 Å². The first-order valence-electron chi connectivity index (χ1n) is 8.43. The summed E-state index contributed by atoms with van der Waals surface area (Å²) in [4.78, 5) is 23.3. The average molecular weight is 415 g/mol. The van der Waals surface area contributed by atoms with Gasteiger partial charge < -0.3 is 19.9 Å². The molecule has 28 heavy (non-hydrogen) atoms. The van der Waals surface area contributed by atoms with Crippen molar-refractivity contribution in [3.05, 3.63) is 64.1 Å². The molecule has 2 aromatic rings. The highest BCUT2D eigenvalue weighted by Gasteiger charge is 2.22. The van der Waals surface area contributed by atoms with Gasteiger partial charge in [0, 0.05) is 0 Å². The number of carboxylic acid groups (broad SMARTS) is 1. The largest absolute Gasteiger partial charge is 0.490 e. The molecule has 1 amide bonds. The molecular weight excluding hydrogens is 398 g/mol. The maximum Gasteiger partial charge on any atom is 0.335 e. The molecule has 0 unspecified atom stereocenters. The fourth-order valence-electron chi connectivity index (χ4n) is 2.48. The Balaban J connectivity index is 1.75. The number of benzene rings is 2. The summed E-state index contributed by atoms with van der Waals surface area (Å²) in [5.74, 6) is -0.0564. The van der Waals surface area contributed by atoms with Gasteiger partial charge in [0.2, 0.25) is 0 Å². The summed E-state index contributed by atoms with van der Waals surface area (Å²) in [5, 5.41) is 11.5. The normalized spacial score (nSPS) is 14.8. The van der Waals surface area contributed by atoms with E-state index in [1.54, 1.807) is 30.3 Å². The van der Waals surface area contributed by atoms with Gasteiger partial charge in [0.05, 0.1) is 17.1 Å². The van der Waals surface area contributed by atoms with Crippen LogP contribution in [0.2, 0.25) is 0 Å². The number of carbonyl (C=O) groups is 2. The van der Waals surface area contributed by atoms with Crippen LogP contribution in [0, 0.1) is 0 Å². The summed E-state index contributed by atoms with van der Waals surface area (Å²) in [6, 6.07) is 11.9. The lowest BCUT2D eigenvalue weighted by molar-refractivity contribution is -0.115. The van der Waals surface area contributed by atoms with Crippen LogP contribution in [0.1, 0.15) is 28.4 Å². The molecule has 3 rings (SSSR count). The number of hydrogen-bond donors (Lipinski definition) is 2. The Morgan fingerprint density at radius 1 is 1.18 bits per heavy atom. The number of thioether (sulfide) groups is 1. The summed E-state index contributed by atoms with van der Waals surface area (Å²) in [6.45, 7) is 2.61. The molecule has 0 aliphatic carbocycles. The number of amides is 1. The molecule has 1 fully saturated rings. The second-order valence-corrected chi connectivity index (χ2v) is 7.50. The SMILES string of the molecule is CCOc1cc(/C=C2\SC(=S)NC2=O)ccc1OCc1ccc(C(=O)O)cc1. The van der Waals surface area contributed by atoms with Crippen LogP contribution in [0.5, 0.6) is 11.5 Å². The third-order valence-electron chi connectivity index (χ3n) is 3.80. The summed E-state index contributed by atoms with van der Waals surface area (Å²) in [6.07, 6.45) is 1.75. The topological polar surface area (TPSA) is 84.9 Å². The summed E-state index contributed by atoms with van der Waals surface area (Å²) in [7, 11) is 0. The standard InChI is InChI=1S/C20H17NO5S2/c1-2-25-16-9-13(10-17-18(22)21-20(27)28-17)5-8-15(16)26-11-12-3-6-14(7-4-12)19(23)24/h3-10H,2,11H2,1H3,(H,23,24)(H,21,22,27)/b17-10-. The zero-order valence-corrected chi connectivity index (χ0v) is 16.6. The van der Waals surface area contributed by atoms with Crippen molar-refractivity contribution in [2.75, 3.05) is 6.61 Å². The number of nitrogens with one attached hydrogen (secondary N) is 1. The number of hydrogen-bond acceptors (Lipinski definition) is 6. The first-order valence-corrected chi connectivity index (χ1v) is 9.65. The van der Waals surface area contributed by atoms with E-state index in [9.17, 15) is 9.59 Å². The Labute approximate surface area is 171 Å². The lowest BCUT2D eigenvalue weighted by Gasteiger charge is -2.13. The van der Waals surface area contributed by atoms with Crippen LogP contribution in [0.4, 0.5) is 0 Å². The van der Waals surface area contributed by atoms with E-state index < -0.39 is 5.97 Å². The number of thiocarbonyl (C=S) groups is 1. The van der Waals surface area contributed by atoms with E-state index in [1.165, 1.54) is 23.9 Å². The molecule has 0 bridgehead atoms. The first-order chi connectivity index (χ1) is 13.5. The van der Waals surface area contributed by atoms with Crippen LogP contribution < -0.4 is 14.8 Å². The number of aromatic carboxylic acids is 1. The van der Waals surface area contributed by atoms with Crippen molar-refractivity contribution in [1.29, 1.82) is 0 Å². The molecule has 0 spiro atoms. The van der Waals surface area contributed by atoms with Crippen molar-refractivity contribution in [2.45, 2.75) is 13.5 Å². The molecule has 8 heteroatoms. The van der Waals surface area contributed by atoms with E-state index in [2.05, 4.69) is 5.32 Å². The maximum absolute atomic E-state index is 11.8. The third kappa shape index (κ3) is 4.90. The van der Waals surface area contributed by atoms with Gasteiger partial charge in [0.25, 0.3) is 5.91 Å². The van der Waals surface area contributed by atoms with Crippen LogP contribution >= 0.6 is 24.0 Å². The highest BCUT2D eigenvalue weighted by molar-refractivity contribution is 8.26. The summed E-state index contributed by atoms with van der Waals surface area (Å²) < 4.78 is 11.9. The van der Waals surface area contributed by atoms with E-state index in [1.807, 2.05) is 13.0 Å². The Morgan fingerprint density at radius 3 is 2.54 bits per heavy atom. The van der Waals surface area contributed by atoms with Crippen molar-refractivity contribution < 1.29 is 24.2 Å². The molecule has 0 radical (unpaired) electrons. The summed E-state index contributed by atoms with van der Waals surface area (Å²) in [5.41, 5.74) is 1.86. The van der Waals surface area contributed by atoms with Gasteiger partial charge in [-0.25, -0.2) is 4.79 Å². The molecule has 0 atom stereocenters. The van der Waals surface area contributed by atoms with Crippen molar-refractivity contribution >= 4 is 46.3 Å². The number of ether oxygens (including phenoxy) is 2. The number of carboxylic acids is 1. The van der Waals surface area contributed by atoms with Gasteiger partial charge in [-0.15, -0.1) is 0 Å². The zero-order valence-electron chi connectivity index (χ0n) is 14.9.